The van der Waals surface area contributed by atoms with E-state index in [0.717, 1.165) is 34.7 Å². The van der Waals surface area contributed by atoms with Gasteiger partial charge in [-0.1, -0.05) is 6.07 Å². The molecule has 2 unspecified atom stereocenters. The molecule has 0 amide bonds. The molecule has 1 fully saturated rings. The highest BCUT2D eigenvalue weighted by Gasteiger charge is 2.23. The van der Waals surface area contributed by atoms with E-state index in [9.17, 15) is 0 Å². The van der Waals surface area contributed by atoms with E-state index in [1.807, 2.05) is 12.1 Å². The summed E-state index contributed by atoms with van der Waals surface area (Å²) in [6.07, 6.45) is 2.59. The number of aromatic nitrogens is 1. The number of hydrogen-bond acceptors (Lipinski definition) is 4. The molecule has 4 nitrogen and oxygen atoms in total. The Hall–Kier alpha value is -2.07. The minimum atomic E-state index is 0.173. The van der Waals surface area contributed by atoms with Crippen molar-refractivity contribution in [2.24, 2.45) is 0 Å². The Labute approximate surface area is 138 Å². The second-order valence-electron chi connectivity index (χ2n) is 6.41. The molecule has 3 N–H and O–H groups in total. The summed E-state index contributed by atoms with van der Waals surface area (Å²) in [5, 5.41) is 3.51. The van der Waals surface area contributed by atoms with Crippen molar-refractivity contribution in [3.63, 3.8) is 0 Å². The van der Waals surface area contributed by atoms with Gasteiger partial charge in [0.15, 0.2) is 0 Å². The summed E-state index contributed by atoms with van der Waals surface area (Å²) in [5.74, 6) is 1.50. The lowest BCUT2D eigenvalue weighted by molar-refractivity contribution is 0.178. The molecule has 1 aromatic heterocycles. The number of aryl methyl sites for hydroxylation is 2. The van der Waals surface area contributed by atoms with Crippen LogP contribution >= 0.6 is 0 Å². The van der Waals surface area contributed by atoms with Crippen LogP contribution in [-0.2, 0) is 0 Å². The van der Waals surface area contributed by atoms with Gasteiger partial charge in [-0.25, -0.2) is 4.98 Å². The van der Waals surface area contributed by atoms with Gasteiger partial charge in [0.2, 0.25) is 0 Å². The summed E-state index contributed by atoms with van der Waals surface area (Å²) >= 11 is 0. The van der Waals surface area contributed by atoms with E-state index in [0.29, 0.717) is 11.9 Å². The smallest absolute Gasteiger partial charge is 0.124 e. The van der Waals surface area contributed by atoms with E-state index in [1.54, 1.807) is 6.07 Å². The van der Waals surface area contributed by atoms with E-state index in [1.165, 1.54) is 12.8 Å². The Morgan fingerprint density at radius 3 is 2.78 bits per heavy atom. The fourth-order valence-corrected chi connectivity index (χ4v) is 3.19. The highest BCUT2D eigenvalue weighted by atomic mass is 16.5. The van der Waals surface area contributed by atoms with Crippen molar-refractivity contribution >= 4 is 5.82 Å². The summed E-state index contributed by atoms with van der Waals surface area (Å²) in [7, 11) is 0. The summed E-state index contributed by atoms with van der Waals surface area (Å²) in [5.41, 5.74) is 10.1. The van der Waals surface area contributed by atoms with Crippen molar-refractivity contribution in [3.05, 3.63) is 41.5 Å². The van der Waals surface area contributed by atoms with Gasteiger partial charge >= 0.3 is 0 Å². The van der Waals surface area contributed by atoms with Crippen LogP contribution < -0.4 is 15.8 Å². The van der Waals surface area contributed by atoms with Crippen molar-refractivity contribution in [1.29, 1.82) is 0 Å². The largest absolute Gasteiger partial charge is 0.489 e. The van der Waals surface area contributed by atoms with E-state index in [4.69, 9.17) is 10.5 Å². The second-order valence-corrected chi connectivity index (χ2v) is 6.41. The van der Waals surface area contributed by atoms with Crippen molar-refractivity contribution in [1.82, 2.24) is 10.3 Å². The lowest BCUT2D eigenvalue weighted by Crippen LogP contribution is -2.36. The molecule has 122 valence electrons. The lowest BCUT2D eigenvalue weighted by Gasteiger charge is -2.23. The van der Waals surface area contributed by atoms with Gasteiger partial charge in [0.05, 0.1) is 5.69 Å². The molecule has 3 rings (SSSR count). The number of ether oxygens (including phenoxy) is 1. The third kappa shape index (κ3) is 3.48. The maximum Gasteiger partial charge on any atom is 0.124 e. The second kappa shape index (κ2) is 6.59. The molecule has 0 saturated carbocycles. The summed E-state index contributed by atoms with van der Waals surface area (Å²) in [6, 6.07) is 10.4. The number of nitrogens with two attached hydrogens (primary N) is 1. The Morgan fingerprint density at radius 1 is 1.26 bits per heavy atom. The van der Waals surface area contributed by atoms with Crippen LogP contribution in [0.4, 0.5) is 5.82 Å². The number of nitrogens with one attached hydrogen (secondary N) is 1. The first-order valence-electron chi connectivity index (χ1n) is 8.29. The highest BCUT2D eigenvalue weighted by Crippen LogP contribution is 2.30. The van der Waals surface area contributed by atoms with Gasteiger partial charge in [0.25, 0.3) is 0 Å². The van der Waals surface area contributed by atoms with Crippen LogP contribution in [0.15, 0.2) is 30.3 Å². The first-order valence-corrected chi connectivity index (χ1v) is 8.29. The van der Waals surface area contributed by atoms with E-state index < -0.39 is 0 Å². The zero-order chi connectivity index (χ0) is 16.4. The Bertz CT molecular complexity index is 693. The van der Waals surface area contributed by atoms with Gasteiger partial charge in [-0.2, -0.15) is 0 Å². The van der Waals surface area contributed by atoms with Crippen LogP contribution in [0.2, 0.25) is 0 Å². The average molecular weight is 311 g/mol. The topological polar surface area (TPSA) is 60.2 Å². The van der Waals surface area contributed by atoms with Crippen LogP contribution in [0.3, 0.4) is 0 Å². The molecule has 2 aromatic rings. The number of benzene rings is 1. The molecule has 0 bridgehead atoms. The molecular weight excluding hydrogens is 286 g/mol. The molecular formula is C19H25N3O. The zero-order valence-corrected chi connectivity index (χ0v) is 14.1. The van der Waals surface area contributed by atoms with Gasteiger partial charge in [0, 0.05) is 11.6 Å². The van der Waals surface area contributed by atoms with Gasteiger partial charge in [-0.05, 0) is 75.5 Å². The molecule has 0 spiro atoms. The maximum atomic E-state index is 6.22. The fourth-order valence-electron chi connectivity index (χ4n) is 3.19. The Morgan fingerprint density at radius 2 is 2.09 bits per heavy atom. The molecule has 2 atom stereocenters. The lowest BCUT2D eigenvalue weighted by atomic mass is 10.0. The molecule has 23 heavy (non-hydrogen) atoms. The van der Waals surface area contributed by atoms with Crippen LogP contribution in [0, 0.1) is 13.8 Å². The average Bonchev–Trinajstić information content (AvgIpc) is 3.05. The predicted octanol–water partition coefficient (Wildman–Crippen LogP) is 3.47. The zero-order valence-electron chi connectivity index (χ0n) is 14.1. The fraction of sp³-hybridized carbons (Fsp3) is 0.421. The molecule has 2 heterocycles. The molecule has 1 aliphatic heterocycles. The van der Waals surface area contributed by atoms with Crippen LogP contribution in [-0.4, -0.2) is 23.7 Å². The van der Waals surface area contributed by atoms with E-state index >= 15 is 0 Å². The van der Waals surface area contributed by atoms with Crippen LogP contribution in [0.1, 0.15) is 30.9 Å². The standard InChI is InChI=1S/C19H25N3O/c1-12-11-18(23-14(3)16-7-5-9-21-16)13(2)10-15(12)17-6-4-8-19(20)22-17/h4,6,8,10-11,14,16,21H,5,7,9H2,1-3H3,(H2,20,22). The number of nitrogen functional groups attached to an aromatic ring is 1. The molecule has 1 aliphatic rings. The monoisotopic (exact) mass is 311 g/mol. The number of rotatable bonds is 4. The van der Waals surface area contributed by atoms with E-state index in [2.05, 4.69) is 43.2 Å². The van der Waals surface area contributed by atoms with Gasteiger partial charge < -0.3 is 15.8 Å². The first-order chi connectivity index (χ1) is 11.0. The van der Waals surface area contributed by atoms with Gasteiger partial charge in [0.1, 0.15) is 17.7 Å². The number of pyridine rings is 1. The molecule has 1 saturated heterocycles. The predicted molar refractivity (Wildman–Crippen MR) is 94.7 cm³/mol. The third-order valence-electron chi connectivity index (χ3n) is 4.55. The normalized spacial score (nSPS) is 18.8. The minimum absolute atomic E-state index is 0.173. The number of nitrogens with zero attached hydrogens (tertiary/aromatic N) is 1. The van der Waals surface area contributed by atoms with Crippen molar-refractivity contribution in [3.8, 4) is 17.0 Å². The molecule has 0 aliphatic carbocycles. The molecule has 0 radical (unpaired) electrons. The number of hydrogen-bond donors (Lipinski definition) is 2. The van der Waals surface area contributed by atoms with Crippen molar-refractivity contribution in [2.75, 3.05) is 12.3 Å². The van der Waals surface area contributed by atoms with E-state index in [-0.39, 0.29) is 6.10 Å². The summed E-state index contributed by atoms with van der Waals surface area (Å²) in [4.78, 5) is 4.43. The van der Waals surface area contributed by atoms with Gasteiger partial charge in [-0.3, -0.25) is 0 Å². The van der Waals surface area contributed by atoms with Crippen molar-refractivity contribution < 1.29 is 4.74 Å². The molecule has 4 heteroatoms. The number of anilines is 1. The quantitative estimate of drug-likeness (QED) is 0.907. The summed E-state index contributed by atoms with van der Waals surface area (Å²) < 4.78 is 6.22. The minimum Gasteiger partial charge on any atom is -0.489 e. The van der Waals surface area contributed by atoms with Crippen molar-refractivity contribution in [2.45, 2.75) is 45.8 Å². The Kier molecular flexibility index (Phi) is 4.53. The van der Waals surface area contributed by atoms with Gasteiger partial charge in [-0.15, -0.1) is 0 Å². The highest BCUT2D eigenvalue weighted by molar-refractivity contribution is 5.67. The van der Waals surface area contributed by atoms with Crippen LogP contribution in [0.5, 0.6) is 5.75 Å². The molecule has 1 aromatic carbocycles. The summed E-state index contributed by atoms with van der Waals surface area (Å²) in [6.45, 7) is 7.41. The van der Waals surface area contributed by atoms with Crippen LogP contribution in [0.25, 0.3) is 11.3 Å². The Balaban J connectivity index is 1.85. The third-order valence-corrected chi connectivity index (χ3v) is 4.55. The first kappa shape index (κ1) is 15.8. The maximum absolute atomic E-state index is 6.22. The SMILES string of the molecule is Cc1cc(-c2cccc(N)n2)c(C)cc1OC(C)C1CCCN1.